The van der Waals surface area contributed by atoms with Crippen LogP contribution in [0.1, 0.15) is 23.4 Å². The van der Waals surface area contributed by atoms with Crippen molar-refractivity contribution < 1.29 is 9.59 Å². The smallest absolute Gasteiger partial charge is 0.243 e. The fourth-order valence-electron chi connectivity index (χ4n) is 2.66. The second-order valence-corrected chi connectivity index (χ2v) is 7.87. The minimum atomic E-state index is -0.311. The minimum absolute atomic E-state index is 0.0566. The molecular weight excluding hydrogens is 419 g/mol. The zero-order valence-electron chi connectivity index (χ0n) is 16.2. The Hall–Kier alpha value is -1.83. The number of carbonyl (C=O) groups excluding carboxylic acids is 2. The number of carbonyl (C=O) groups is 2. The number of halogens is 2. The van der Waals surface area contributed by atoms with E-state index in [-0.39, 0.29) is 24.8 Å². The standard InChI is InChI=1S/C19H22Cl2N4O2S/c1-11-14(12(2)23-19(22-11)28-4)6-8-18(27)25(3)10-17(26)24-13-5-7-15(20)16(21)9-13/h5,7,9H,6,8,10H2,1-4H3,(H,24,26). The SMILES string of the molecule is CSc1nc(C)c(CCC(=O)N(C)CC(=O)Nc2ccc(Cl)c(Cl)c2)c(C)n1. The number of likely N-dealkylation sites (N-methyl/N-ethyl adjacent to an activating group) is 1. The quantitative estimate of drug-likeness (QED) is 0.516. The molecule has 0 bridgehead atoms. The van der Waals surface area contributed by atoms with Crippen LogP contribution in [0.25, 0.3) is 0 Å². The highest BCUT2D eigenvalue weighted by molar-refractivity contribution is 7.98. The lowest BCUT2D eigenvalue weighted by molar-refractivity contribution is -0.133. The van der Waals surface area contributed by atoms with Gasteiger partial charge in [-0.1, -0.05) is 35.0 Å². The molecule has 28 heavy (non-hydrogen) atoms. The number of benzene rings is 1. The Bertz CT molecular complexity index is 869. The number of aryl methyl sites for hydroxylation is 2. The van der Waals surface area contributed by atoms with Crippen molar-refractivity contribution in [2.75, 3.05) is 25.2 Å². The van der Waals surface area contributed by atoms with E-state index in [1.165, 1.54) is 16.7 Å². The van der Waals surface area contributed by atoms with E-state index in [2.05, 4.69) is 15.3 Å². The van der Waals surface area contributed by atoms with Crippen molar-refractivity contribution in [3.8, 4) is 0 Å². The number of aromatic nitrogens is 2. The Balaban J connectivity index is 1.90. The molecule has 9 heteroatoms. The van der Waals surface area contributed by atoms with Crippen molar-refractivity contribution in [2.24, 2.45) is 0 Å². The monoisotopic (exact) mass is 440 g/mol. The first kappa shape index (κ1) is 22.5. The Morgan fingerprint density at radius 3 is 2.36 bits per heavy atom. The van der Waals surface area contributed by atoms with Gasteiger partial charge in [-0.3, -0.25) is 9.59 Å². The van der Waals surface area contributed by atoms with Crippen LogP contribution in [-0.4, -0.2) is 46.5 Å². The summed E-state index contributed by atoms with van der Waals surface area (Å²) >= 11 is 13.3. The largest absolute Gasteiger partial charge is 0.336 e. The third-order valence-electron chi connectivity index (χ3n) is 4.18. The molecule has 1 heterocycles. The predicted molar refractivity (Wildman–Crippen MR) is 114 cm³/mol. The lowest BCUT2D eigenvalue weighted by Crippen LogP contribution is -2.35. The summed E-state index contributed by atoms with van der Waals surface area (Å²) in [6.07, 6.45) is 2.74. The van der Waals surface area contributed by atoms with Crippen molar-refractivity contribution in [1.29, 1.82) is 0 Å². The molecule has 0 aliphatic heterocycles. The molecule has 2 rings (SSSR count). The Morgan fingerprint density at radius 1 is 1.14 bits per heavy atom. The molecular formula is C19H22Cl2N4O2S. The van der Waals surface area contributed by atoms with Gasteiger partial charge in [0.2, 0.25) is 11.8 Å². The first-order valence-electron chi connectivity index (χ1n) is 8.58. The second-order valence-electron chi connectivity index (χ2n) is 6.29. The molecule has 0 atom stereocenters. The van der Waals surface area contributed by atoms with Gasteiger partial charge in [0.25, 0.3) is 0 Å². The van der Waals surface area contributed by atoms with Gasteiger partial charge in [-0.05, 0) is 50.3 Å². The highest BCUT2D eigenvalue weighted by Crippen LogP contribution is 2.25. The first-order valence-corrected chi connectivity index (χ1v) is 10.6. The van der Waals surface area contributed by atoms with E-state index in [1.807, 2.05) is 20.1 Å². The summed E-state index contributed by atoms with van der Waals surface area (Å²) in [5.41, 5.74) is 3.26. The summed E-state index contributed by atoms with van der Waals surface area (Å²) in [5.74, 6) is -0.439. The summed E-state index contributed by atoms with van der Waals surface area (Å²) in [6, 6.07) is 4.81. The minimum Gasteiger partial charge on any atom is -0.336 e. The molecule has 0 radical (unpaired) electrons. The predicted octanol–water partition coefficient (Wildman–Crippen LogP) is 4.15. The van der Waals surface area contributed by atoms with E-state index in [4.69, 9.17) is 23.2 Å². The molecule has 6 nitrogen and oxygen atoms in total. The van der Waals surface area contributed by atoms with Crippen molar-refractivity contribution >= 4 is 52.5 Å². The Kier molecular flexibility index (Phi) is 8.10. The number of anilines is 1. The topological polar surface area (TPSA) is 75.2 Å². The Labute approximate surface area is 179 Å². The van der Waals surface area contributed by atoms with Crippen LogP contribution in [0.15, 0.2) is 23.4 Å². The average Bonchev–Trinajstić information content (AvgIpc) is 2.63. The molecule has 0 saturated heterocycles. The van der Waals surface area contributed by atoms with Gasteiger partial charge in [0, 0.05) is 30.5 Å². The molecule has 1 aromatic heterocycles. The van der Waals surface area contributed by atoms with E-state index in [0.29, 0.717) is 22.2 Å². The molecule has 0 aliphatic carbocycles. The number of nitrogens with zero attached hydrogens (tertiary/aromatic N) is 3. The van der Waals surface area contributed by atoms with Crippen molar-refractivity contribution in [3.63, 3.8) is 0 Å². The molecule has 1 N–H and O–H groups in total. The number of rotatable bonds is 7. The van der Waals surface area contributed by atoms with Crippen molar-refractivity contribution in [3.05, 3.63) is 45.2 Å². The lowest BCUT2D eigenvalue weighted by atomic mass is 10.1. The molecule has 0 spiro atoms. The summed E-state index contributed by atoms with van der Waals surface area (Å²) in [4.78, 5) is 34.8. The molecule has 0 fully saturated rings. The number of amides is 2. The number of hydrogen-bond acceptors (Lipinski definition) is 5. The van der Waals surface area contributed by atoms with E-state index in [9.17, 15) is 9.59 Å². The number of nitrogens with one attached hydrogen (secondary N) is 1. The zero-order chi connectivity index (χ0) is 20.8. The van der Waals surface area contributed by atoms with E-state index < -0.39 is 0 Å². The summed E-state index contributed by atoms with van der Waals surface area (Å²) in [6.45, 7) is 3.78. The fraction of sp³-hybridized carbons (Fsp3) is 0.368. The molecule has 1 aromatic carbocycles. The van der Waals surface area contributed by atoms with Gasteiger partial charge in [-0.2, -0.15) is 0 Å². The van der Waals surface area contributed by atoms with Gasteiger partial charge in [-0.15, -0.1) is 0 Å². The number of thioether (sulfide) groups is 1. The van der Waals surface area contributed by atoms with Gasteiger partial charge >= 0.3 is 0 Å². The fourth-order valence-corrected chi connectivity index (χ4v) is 3.42. The van der Waals surface area contributed by atoms with Gasteiger partial charge in [0.05, 0.1) is 16.6 Å². The van der Waals surface area contributed by atoms with Crippen molar-refractivity contribution in [1.82, 2.24) is 14.9 Å². The third kappa shape index (κ3) is 6.09. The van der Waals surface area contributed by atoms with Crippen LogP contribution >= 0.6 is 35.0 Å². The zero-order valence-corrected chi connectivity index (χ0v) is 18.5. The van der Waals surface area contributed by atoms with Crippen LogP contribution in [0, 0.1) is 13.8 Å². The van der Waals surface area contributed by atoms with Gasteiger partial charge < -0.3 is 10.2 Å². The van der Waals surface area contributed by atoms with E-state index >= 15 is 0 Å². The normalized spacial score (nSPS) is 10.6. The van der Waals surface area contributed by atoms with E-state index in [1.54, 1.807) is 25.2 Å². The van der Waals surface area contributed by atoms with Gasteiger partial charge in [-0.25, -0.2) is 9.97 Å². The van der Waals surface area contributed by atoms with Crippen LogP contribution in [0.5, 0.6) is 0 Å². The van der Waals surface area contributed by atoms with Crippen LogP contribution in [0.3, 0.4) is 0 Å². The van der Waals surface area contributed by atoms with Crippen LogP contribution in [-0.2, 0) is 16.0 Å². The highest BCUT2D eigenvalue weighted by atomic mass is 35.5. The molecule has 0 aliphatic rings. The average molecular weight is 441 g/mol. The summed E-state index contributed by atoms with van der Waals surface area (Å²) in [5, 5.41) is 4.19. The van der Waals surface area contributed by atoms with E-state index in [0.717, 1.165) is 22.1 Å². The second kappa shape index (κ2) is 10.1. The molecule has 150 valence electrons. The molecule has 2 amide bonds. The van der Waals surface area contributed by atoms with Crippen molar-refractivity contribution in [2.45, 2.75) is 31.8 Å². The molecule has 2 aromatic rings. The highest BCUT2D eigenvalue weighted by Gasteiger charge is 2.16. The van der Waals surface area contributed by atoms with Crippen LogP contribution in [0.2, 0.25) is 10.0 Å². The van der Waals surface area contributed by atoms with Gasteiger partial charge in [0.15, 0.2) is 5.16 Å². The maximum atomic E-state index is 12.4. The summed E-state index contributed by atoms with van der Waals surface area (Å²) in [7, 11) is 1.60. The first-order chi connectivity index (χ1) is 13.2. The number of hydrogen-bond donors (Lipinski definition) is 1. The summed E-state index contributed by atoms with van der Waals surface area (Å²) < 4.78 is 0. The van der Waals surface area contributed by atoms with Crippen LogP contribution < -0.4 is 5.32 Å². The molecule has 0 unspecified atom stereocenters. The van der Waals surface area contributed by atoms with Gasteiger partial charge in [0.1, 0.15) is 0 Å². The maximum Gasteiger partial charge on any atom is 0.243 e. The Morgan fingerprint density at radius 2 is 1.79 bits per heavy atom. The van der Waals surface area contributed by atoms with Crippen LogP contribution in [0.4, 0.5) is 5.69 Å². The molecule has 0 saturated carbocycles. The lowest BCUT2D eigenvalue weighted by Gasteiger charge is -2.17. The maximum absolute atomic E-state index is 12.4. The third-order valence-corrected chi connectivity index (χ3v) is 5.47.